The maximum absolute atomic E-state index is 13.2. The molecule has 164 valence electrons. The second-order valence-electron chi connectivity index (χ2n) is 7.29. The molecule has 0 aliphatic carbocycles. The Kier molecular flexibility index (Phi) is 6.68. The first-order valence-electron chi connectivity index (χ1n) is 10.3. The van der Waals surface area contributed by atoms with Gasteiger partial charge in [0.15, 0.2) is 0 Å². The number of nitrogens with zero attached hydrogens (tertiary/aromatic N) is 4. The van der Waals surface area contributed by atoms with Crippen LogP contribution in [0.15, 0.2) is 67.4 Å². The third kappa shape index (κ3) is 4.74. The van der Waals surface area contributed by atoms with E-state index in [0.717, 1.165) is 24.5 Å². The number of halogens is 1. The highest BCUT2D eigenvalue weighted by molar-refractivity contribution is 6.33. The summed E-state index contributed by atoms with van der Waals surface area (Å²) in [6.45, 7) is 6.61. The van der Waals surface area contributed by atoms with Crippen LogP contribution in [0.3, 0.4) is 0 Å². The number of benzene rings is 1. The van der Waals surface area contributed by atoms with Crippen LogP contribution in [-0.4, -0.2) is 46.7 Å². The van der Waals surface area contributed by atoms with Gasteiger partial charge in [0.25, 0.3) is 5.91 Å². The van der Waals surface area contributed by atoms with Crippen molar-refractivity contribution in [2.45, 2.75) is 0 Å². The zero-order valence-corrected chi connectivity index (χ0v) is 18.5. The average molecular weight is 450 g/mol. The Morgan fingerprint density at radius 1 is 1.16 bits per heavy atom. The summed E-state index contributed by atoms with van der Waals surface area (Å²) < 4.78 is 7.20. The van der Waals surface area contributed by atoms with E-state index in [1.165, 1.54) is 0 Å². The summed E-state index contributed by atoms with van der Waals surface area (Å²) in [5.41, 5.74) is 1.86. The molecule has 1 fully saturated rings. The minimum Gasteiger partial charge on any atom is -0.378 e. The molecule has 1 N–H and O–H groups in total. The van der Waals surface area contributed by atoms with Gasteiger partial charge in [-0.2, -0.15) is 0 Å². The molecule has 0 saturated carbocycles. The van der Waals surface area contributed by atoms with Crippen LogP contribution in [0, 0.1) is 0 Å². The topological polar surface area (TPSA) is 72.3 Å². The van der Waals surface area contributed by atoms with Gasteiger partial charge in [-0.25, -0.2) is 9.97 Å². The Balaban J connectivity index is 1.59. The van der Waals surface area contributed by atoms with Crippen molar-refractivity contribution in [1.82, 2.24) is 14.5 Å². The molecule has 2 aromatic heterocycles. The van der Waals surface area contributed by atoms with E-state index in [2.05, 4.69) is 26.8 Å². The summed E-state index contributed by atoms with van der Waals surface area (Å²) >= 11 is 6.33. The van der Waals surface area contributed by atoms with E-state index < -0.39 is 0 Å². The second-order valence-corrected chi connectivity index (χ2v) is 7.70. The molecule has 0 bridgehead atoms. The fraction of sp³-hybridized carbons (Fsp3) is 0.208. The highest BCUT2D eigenvalue weighted by Gasteiger charge is 2.20. The van der Waals surface area contributed by atoms with Crippen LogP contribution in [0.2, 0.25) is 5.02 Å². The van der Waals surface area contributed by atoms with E-state index in [9.17, 15) is 4.79 Å². The molecule has 4 rings (SSSR count). The van der Waals surface area contributed by atoms with Gasteiger partial charge in [0, 0.05) is 31.9 Å². The van der Waals surface area contributed by atoms with Crippen molar-refractivity contribution >= 4 is 34.7 Å². The molecule has 3 aromatic rings. The molecule has 1 aliphatic heterocycles. The summed E-state index contributed by atoms with van der Waals surface area (Å²) in [7, 11) is 1.84. The zero-order chi connectivity index (χ0) is 22.5. The molecule has 1 amide bonds. The van der Waals surface area contributed by atoms with Gasteiger partial charge in [0.2, 0.25) is 0 Å². The molecule has 32 heavy (non-hydrogen) atoms. The van der Waals surface area contributed by atoms with E-state index in [1.807, 2.05) is 49.6 Å². The number of amides is 1. The summed E-state index contributed by atoms with van der Waals surface area (Å²) in [6.07, 6.45) is 5.05. The third-order valence-electron chi connectivity index (χ3n) is 5.11. The number of anilines is 2. The predicted molar refractivity (Wildman–Crippen MR) is 128 cm³/mol. The van der Waals surface area contributed by atoms with Crippen molar-refractivity contribution in [3.63, 3.8) is 0 Å². The highest BCUT2D eigenvalue weighted by Crippen LogP contribution is 2.28. The maximum atomic E-state index is 13.2. The Morgan fingerprint density at radius 3 is 2.69 bits per heavy atom. The number of hydrogen-bond donors (Lipinski definition) is 1. The molecule has 1 aromatic carbocycles. The molecule has 1 aliphatic rings. The van der Waals surface area contributed by atoms with E-state index >= 15 is 0 Å². The summed E-state index contributed by atoms with van der Waals surface area (Å²) in [4.78, 5) is 24.6. The largest absolute Gasteiger partial charge is 0.378 e. The smallest absolute Gasteiger partial charge is 0.260 e. The van der Waals surface area contributed by atoms with Gasteiger partial charge < -0.3 is 19.5 Å². The van der Waals surface area contributed by atoms with Crippen molar-refractivity contribution in [3.8, 4) is 11.3 Å². The average Bonchev–Trinajstić information content (AvgIpc) is 3.19. The molecule has 3 heterocycles. The number of morpholine rings is 1. The molecule has 0 radical (unpaired) electrons. The lowest BCUT2D eigenvalue weighted by Crippen LogP contribution is -2.36. The first-order valence-corrected chi connectivity index (χ1v) is 10.7. The van der Waals surface area contributed by atoms with E-state index in [-0.39, 0.29) is 5.91 Å². The summed E-state index contributed by atoms with van der Waals surface area (Å²) in [6, 6.07) is 13.0. The third-order valence-corrected chi connectivity index (χ3v) is 5.44. The van der Waals surface area contributed by atoms with Crippen LogP contribution in [-0.2, 0) is 16.6 Å². The summed E-state index contributed by atoms with van der Waals surface area (Å²) in [5, 5.41) is 3.49. The first-order chi connectivity index (χ1) is 15.6. The lowest BCUT2D eigenvalue weighted by atomic mass is 10.2. The SMILES string of the molecule is C=CC=C(C(=O)Nc1cccc(N2CCOCC2)n1)c1nc(-c2ccccc2Cl)cn1C. The molecule has 7 nitrogen and oxygen atoms in total. The number of rotatable bonds is 6. The highest BCUT2D eigenvalue weighted by atomic mass is 35.5. The predicted octanol–water partition coefficient (Wildman–Crippen LogP) is 4.18. The summed E-state index contributed by atoms with van der Waals surface area (Å²) in [5.74, 6) is 1.45. The van der Waals surface area contributed by atoms with Crippen LogP contribution < -0.4 is 10.2 Å². The minimum absolute atomic E-state index is 0.323. The number of carbonyl (C=O) groups excluding carboxylic acids is 1. The fourth-order valence-electron chi connectivity index (χ4n) is 3.53. The van der Waals surface area contributed by atoms with Gasteiger partial charge in [0.05, 0.1) is 29.5 Å². The standard InChI is InChI=1S/C24H24ClN5O2/c1-3-7-18(23-26-20(16-29(23)2)17-8-4-5-9-19(17)25)24(31)28-21-10-6-11-22(27-21)30-12-14-32-15-13-30/h3-11,16H,1,12-15H2,2H3,(H,27,28,31). The zero-order valence-electron chi connectivity index (χ0n) is 17.8. The number of aryl methyl sites for hydroxylation is 1. The van der Waals surface area contributed by atoms with Gasteiger partial charge in [-0.3, -0.25) is 4.79 Å². The number of carbonyl (C=O) groups is 1. The molecule has 0 unspecified atom stereocenters. The van der Waals surface area contributed by atoms with Crippen molar-refractivity contribution in [2.24, 2.45) is 7.05 Å². The molecule has 8 heteroatoms. The molecule has 0 spiro atoms. The van der Waals surface area contributed by atoms with Crippen LogP contribution in [0.4, 0.5) is 11.6 Å². The van der Waals surface area contributed by atoms with Crippen LogP contribution in [0.5, 0.6) is 0 Å². The number of ether oxygens (including phenoxy) is 1. The van der Waals surface area contributed by atoms with E-state index in [1.54, 1.807) is 22.8 Å². The monoisotopic (exact) mass is 449 g/mol. The van der Waals surface area contributed by atoms with Gasteiger partial charge >= 0.3 is 0 Å². The second kappa shape index (κ2) is 9.80. The molecule has 1 saturated heterocycles. The number of aromatic nitrogens is 3. The molecular formula is C24H24ClN5O2. The Morgan fingerprint density at radius 2 is 1.94 bits per heavy atom. The Labute approximate surface area is 192 Å². The van der Waals surface area contributed by atoms with E-state index in [0.29, 0.717) is 41.1 Å². The number of nitrogens with one attached hydrogen (secondary N) is 1. The van der Waals surface area contributed by atoms with Crippen LogP contribution >= 0.6 is 11.6 Å². The van der Waals surface area contributed by atoms with Gasteiger partial charge in [-0.1, -0.05) is 48.5 Å². The van der Waals surface area contributed by atoms with Crippen LogP contribution in [0.1, 0.15) is 5.82 Å². The van der Waals surface area contributed by atoms with Gasteiger partial charge in [-0.15, -0.1) is 0 Å². The lowest BCUT2D eigenvalue weighted by molar-refractivity contribution is -0.111. The number of allylic oxidation sites excluding steroid dienone is 2. The van der Waals surface area contributed by atoms with Crippen LogP contribution in [0.25, 0.3) is 16.8 Å². The normalized spacial score (nSPS) is 14.3. The number of hydrogen-bond acceptors (Lipinski definition) is 5. The van der Waals surface area contributed by atoms with Gasteiger partial charge in [0.1, 0.15) is 17.5 Å². The Bertz CT molecular complexity index is 1160. The maximum Gasteiger partial charge on any atom is 0.260 e. The number of imidazole rings is 1. The van der Waals surface area contributed by atoms with Crippen molar-refractivity contribution in [1.29, 1.82) is 0 Å². The van der Waals surface area contributed by atoms with Crippen molar-refractivity contribution in [2.75, 3.05) is 36.5 Å². The van der Waals surface area contributed by atoms with Gasteiger partial charge in [-0.05, 0) is 24.3 Å². The first kappa shape index (κ1) is 21.8. The fourth-order valence-corrected chi connectivity index (χ4v) is 3.76. The van der Waals surface area contributed by atoms with E-state index in [4.69, 9.17) is 16.3 Å². The minimum atomic E-state index is -0.323. The van der Waals surface area contributed by atoms with Crippen molar-refractivity contribution in [3.05, 3.63) is 78.2 Å². The number of pyridine rings is 1. The Hall–Kier alpha value is -3.42. The van der Waals surface area contributed by atoms with Crippen molar-refractivity contribution < 1.29 is 9.53 Å². The molecular weight excluding hydrogens is 426 g/mol. The lowest BCUT2D eigenvalue weighted by Gasteiger charge is -2.28. The molecule has 0 atom stereocenters. The quantitative estimate of drug-likeness (QED) is 0.451.